The van der Waals surface area contributed by atoms with E-state index in [4.69, 9.17) is 14.5 Å². The number of anilines is 2. The highest BCUT2D eigenvalue weighted by molar-refractivity contribution is 5.46. The van der Waals surface area contributed by atoms with Gasteiger partial charge in [-0.25, -0.2) is 5.01 Å². The Kier molecular flexibility index (Phi) is 5.85. The molecular weight excluding hydrogens is 388 g/mol. The fourth-order valence-electron chi connectivity index (χ4n) is 3.06. The number of allylic oxidation sites excluding steroid dienone is 1. The van der Waals surface area contributed by atoms with E-state index in [1.807, 2.05) is 25.0 Å². The molecule has 1 aliphatic heterocycles. The molecule has 1 unspecified atom stereocenters. The summed E-state index contributed by atoms with van der Waals surface area (Å²) in [5, 5.41) is 20.9. The number of hydrogen-bond donors (Lipinski definition) is 3. The lowest BCUT2D eigenvalue weighted by Crippen LogP contribution is -2.39. The minimum Gasteiger partial charge on any atom is -0.474 e. The van der Waals surface area contributed by atoms with Crippen LogP contribution in [-0.4, -0.2) is 46.6 Å². The molecule has 158 valence electrons. The Bertz CT molecular complexity index is 949. The second kappa shape index (κ2) is 8.87. The maximum Gasteiger partial charge on any atom is 0.286 e. The van der Waals surface area contributed by atoms with Crippen molar-refractivity contribution in [3.63, 3.8) is 0 Å². The predicted molar refractivity (Wildman–Crippen MR) is 107 cm³/mol. The number of aromatic nitrogens is 3. The molecule has 0 saturated heterocycles. The van der Waals surface area contributed by atoms with Crippen LogP contribution in [0.2, 0.25) is 0 Å². The van der Waals surface area contributed by atoms with Crippen LogP contribution in [0.25, 0.3) is 0 Å². The van der Waals surface area contributed by atoms with Gasteiger partial charge in [-0.2, -0.15) is 15.2 Å². The lowest BCUT2D eigenvalue weighted by atomic mass is 10.3. The summed E-state index contributed by atoms with van der Waals surface area (Å²) in [5.74, 6) is 2.65. The van der Waals surface area contributed by atoms with Crippen molar-refractivity contribution in [2.24, 2.45) is 5.92 Å². The minimum absolute atomic E-state index is 0.0463. The van der Waals surface area contributed by atoms with Gasteiger partial charge in [0.1, 0.15) is 25.2 Å². The second-order valence-electron chi connectivity index (χ2n) is 7.20. The van der Waals surface area contributed by atoms with Gasteiger partial charge in [0, 0.05) is 24.9 Å². The van der Waals surface area contributed by atoms with E-state index < -0.39 is 0 Å². The minimum atomic E-state index is -0.0463. The van der Waals surface area contributed by atoms with Crippen LogP contribution in [-0.2, 0) is 11.3 Å². The molecule has 2 aromatic heterocycles. The Morgan fingerprint density at radius 2 is 2.20 bits per heavy atom. The van der Waals surface area contributed by atoms with E-state index in [0.29, 0.717) is 35.9 Å². The Morgan fingerprint density at radius 1 is 1.33 bits per heavy atom. The Morgan fingerprint density at radius 3 is 2.93 bits per heavy atom. The van der Waals surface area contributed by atoms with Crippen molar-refractivity contribution < 1.29 is 14.0 Å². The van der Waals surface area contributed by atoms with Crippen molar-refractivity contribution in [3.8, 4) is 12.1 Å². The largest absolute Gasteiger partial charge is 0.474 e. The van der Waals surface area contributed by atoms with E-state index in [1.165, 1.54) is 18.5 Å². The first-order chi connectivity index (χ1) is 14.6. The first-order valence-electron chi connectivity index (χ1n) is 9.77. The number of ether oxygens (including phenoxy) is 2. The van der Waals surface area contributed by atoms with E-state index in [-0.39, 0.29) is 19.4 Å². The Labute approximate surface area is 174 Å². The molecule has 2 aliphatic rings. The molecule has 1 saturated carbocycles. The standard InChI is InChI=1S/C19H24N8O3/c1-12-7-14(30-26-12)10-21-19-23-16(9-18(24-19)29-6-5-28-11-20)22-17-8-15(13-3-4-13)25-27(17)2/h7-9,13,17,25H,3-6,10H2,1-2H3,(H2,21,22,23,24). The van der Waals surface area contributed by atoms with Crippen molar-refractivity contribution in [3.05, 3.63) is 35.4 Å². The molecule has 1 fully saturated rings. The van der Waals surface area contributed by atoms with Crippen molar-refractivity contribution >= 4 is 11.8 Å². The van der Waals surface area contributed by atoms with Gasteiger partial charge in [-0.3, -0.25) is 0 Å². The zero-order chi connectivity index (χ0) is 20.9. The summed E-state index contributed by atoms with van der Waals surface area (Å²) in [7, 11) is 1.98. The van der Waals surface area contributed by atoms with Gasteiger partial charge in [-0.1, -0.05) is 5.16 Å². The number of hydrazine groups is 1. The molecule has 0 spiro atoms. The smallest absolute Gasteiger partial charge is 0.286 e. The maximum absolute atomic E-state index is 8.48. The number of likely N-dealkylation sites (N-methyl/N-ethyl adjacent to an activating group) is 1. The van der Waals surface area contributed by atoms with Crippen LogP contribution in [0.3, 0.4) is 0 Å². The van der Waals surface area contributed by atoms with Gasteiger partial charge >= 0.3 is 0 Å². The number of nitriles is 1. The third kappa shape index (κ3) is 5.09. The number of hydrogen-bond acceptors (Lipinski definition) is 11. The van der Waals surface area contributed by atoms with Crippen LogP contribution < -0.4 is 20.8 Å². The van der Waals surface area contributed by atoms with Crippen molar-refractivity contribution in [1.82, 2.24) is 25.6 Å². The first-order valence-corrected chi connectivity index (χ1v) is 9.77. The van der Waals surface area contributed by atoms with E-state index >= 15 is 0 Å². The highest BCUT2D eigenvalue weighted by Crippen LogP contribution is 2.37. The fraction of sp³-hybridized carbons (Fsp3) is 0.474. The summed E-state index contributed by atoms with van der Waals surface area (Å²) in [6.45, 7) is 2.59. The van der Waals surface area contributed by atoms with Crippen LogP contribution >= 0.6 is 0 Å². The summed E-state index contributed by atoms with van der Waals surface area (Å²) in [6.07, 6.45) is 6.20. The monoisotopic (exact) mass is 412 g/mol. The van der Waals surface area contributed by atoms with Crippen LogP contribution in [0.5, 0.6) is 5.88 Å². The van der Waals surface area contributed by atoms with Crippen molar-refractivity contribution in [2.45, 2.75) is 32.5 Å². The molecule has 0 bridgehead atoms. The summed E-state index contributed by atoms with van der Waals surface area (Å²) < 4.78 is 15.5. The molecule has 3 N–H and O–H groups in total. The Balaban J connectivity index is 1.46. The molecule has 4 rings (SSSR count). The van der Waals surface area contributed by atoms with Gasteiger partial charge in [0.05, 0.1) is 12.2 Å². The summed E-state index contributed by atoms with van der Waals surface area (Å²) >= 11 is 0. The van der Waals surface area contributed by atoms with Gasteiger partial charge in [0.15, 0.2) is 5.76 Å². The summed E-state index contributed by atoms with van der Waals surface area (Å²) in [5.41, 5.74) is 5.44. The molecular formula is C19H24N8O3. The molecule has 2 aromatic rings. The molecule has 30 heavy (non-hydrogen) atoms. The SMILES string of the molecule is Cc1cc(CNc2nc(NC3C=C(C4CC4)NN3C)cc(OCCOC#N)n2)on1. The third-order valence-corrected chi connectivity index (χ3v) is 4.67. The van der Waals surface area contributed by atoms with E-state index in [1.54, 1.807) is 12.3 Å². The predicted octanol–water partition coefficient (Wildman–Crippen LogP) is 1.74. The summed E-state index contributed by atoms with van der Waals surface area (Å²) in [4.78, 5) is 8.91. The second-order valence-corrected chi connectivity index (χ2v) is 7.20. The summed E-state index contributed by atoms with van der Waals surface area (Å²) in [6, 6.07) is 3.56. The first kappa shape index (κ1) is 19.8. The molecule has 3 heterocycles. The van der Waals surface area contributed by atoms with Gasteiger partial charge in [0.25, 0.3) is 6.26 Å². The average Bonchev–Trinajstić information content (AvgIpc) is 3.40. The number of nitrogens with one attached hydrogen (secondary N) is 3. The highest BCUT2D eigenvalue weighted by atomic mass is 16.5. The molecule has 11 heteroatoms. The molecule has 1 atom stereocenters. The molecule has 0 radical (unpaired) electrons. The van der Waals surface area contributed by atoms with E-state index in [9.17, 15) is 0 Å². The van der Waals surface area contributed by atoms with Crippen LogP contribution in [0.15, 0.2) is 28.4 Å². The van der Waals surface area contributed by atoms with E-state index in [0.717, 1.165) is 5.69 Å². The van der Waals surface area contributed by atoms with E-state index in [2.05, 4.69) is 42.0 Å². The zero-order valence-electron chi connectivity index (χ0n) is 16.9. The maximum atomic E-state index is 8.48. The van der Waals surface area contributed by atoms with Gasteiger partial charge in [0.2, 0.25) is 11.8 Å². The Hall–Kier alpha value is -3.52. The lowest BCUT2D eigenvalue weighted by Gasteiger charge is -2.22. The topological polar surface area (TPSA) is 133 Å². The fourth-order valence-corrected chi connectivity index (χ4v) is 3.06. The molecule has 1 aliphatic carbocycles. The van der Waals surface area contributed by atoms with Gasteiger partial charge in [-0.05, 0) is 31.8 Å². The number of aryl methyl sites for hydroxylation is 1. The highest BCUT2D eigenvalue weighted by Gasteiger charge is 2.32. The van der Waals surface area contributed by atoms with Gasteiger partial charge in [-0.15, -0.1) is 0 Å². The average molecular weight is 412 g/mol. The lowest BCUT2D eigenvalue weighted by molar-refractivity contribution is 0.187. The molecule has 0 amide bonds. The third-order valence-electron chi connectivity index (χ3n) is 4.67. The quantitative estimate of drug-likeness (QED) is 0.389. The molecule has 11 nitrogen and oxygen atoms in total. The van der Waals surface area contributed by atoms with Crippen LogP contribution in [0.1, 0.15) is 24.3 Å². The van der Waals surface area contributed by atoms with Crippen molar-refractivity contribution in [1.29, 1.82) is 5.26 Å². The molecule has 0 aromatic carbocycles. The number of rotatable bonds is 10. The zero-order valence-corrected chi connectivity index (χ0v) is 16.9. The van der Waals surface area contributed by atoms with Crippen molar-refractivity contribution in [2.75, 3.05) is 30.9 Å². The van der Waals surface area contributed by atoms with Crippen LogP contribution in [0, 0.1) is 24.4 Å². The normalized spacial score (nSPS) is 18.3. The van der Waals surface area contributed by atoms with Gasteiger partial charge < -0.3 is 30.1 Å². The van der Waals surface area contributed by atoms with Crippen LogP contribution in [0.4, 0.5) is 11.8 Å². The number of nitrogens with zero attached hydrogens (tertiary/aromatic N) is 5.